The normalized spacial score (nSPS) is 15.1. The number of thiocarbonyl (C=S) groups is 1. The number of carbonyl (C=O) groups is 1. The number of benzene rings is 2. The SMILES string of the molecule is CC[C@H](C)[C@@H](CN(Cc1cccc(C(F)(F)F)c1)C(=S)NC1CCCCC1)NC(=O)Cc1cncn1Cc1ccc(C#N)cc1. The van der Waals surface area contributed by atoms with Crippen LogP contribution in [0.1, 0.15) is 80.3 Å². The van der Waals surface area contributed by atoms with Gasteiger partial charge in [0.05, 0.1) is 29.9 Å². The van der Waals surface area contributed by atoms with E-state index in [1.807, 2.05) is 28.5 Å². The van der Waals surface area contributed by atoms with Gasteiger partial charge in [-0.25, -0.2) is 4.98 Å². The number of nitriles is 1. The minimum atomic E-state index is -4.44. The van der Waals surface area contributed by atoms with E-state index in [0.717, 1.165) is 49.4 Å². The molecule has 1 fully saturated rings. The van der Waals surface area contributed by atoms with Crippen LogP contribution in [0, 0.1) is 17.2 Å². The Morgan fingerprint density at radius 3 is 2.56 bits per heavy atom. The Balaban J connectivity index is 1.49. The van der Waals surface area contributed by atoms with Gasteiger partial charge in [0.15, 0.2) is 5.11 Å². The first-order chi connectivity index (χ1) is 21.5. The second kappa shape index (κ2) is 15.9. The van der Waals surface area contributed by atoms with Crippen LogP contribution in [0.5, 0.6) is 0 Å². The van der Waals surface area contributed by atoms with E-state index in [1.165, 1.54) is 18.6 Å². The number of hydrogen-bond donors (Lipinski definition) is 2. The Bertz CT molecular complexity index is 1460. The average molecular weight is 639 g/mol. The van der Waals surface area contributed by atoms with Crippen LogP contribution in [-0.4, -0.2) is 44.1 Å². The van der Waals surface area contributed by atoms with Crippen molar-refractivity contribution in [2.45, 2.75) is 90.1 Å². The smallest absolute Gasteiger partial charge is 0.360 e. The van der Waals surface area contributed by atoms with Crippen LogP contribution >= 0.6 is 12.2 Å². The lowest BCUT2D eigenvalue weighted by molar-refractivity contribution is -0.137. The molecule has 2 atom stereocenters. The van der Waals surface area contributed by atoms with E-state index in [0.29, 0.717) is 29.3 Å². The molecular weight excluding hydrogens is 597 g/mol. The lowest BCUT2D eigenvalue weighted by atomic mass is 9.95. The summed E-state index contributed by atoms with van der Waals surface area (Å²) in [5.74, 6) is -0.0916. The molecule has 240 valence electrons. The molecular formula is C34H41F3N6OS. The minimum Gasteiger partial charge on any atom is -0.360 e. The number of hydrogen-bond acceptors (Lipinski definition) is 4. The van der Waals surface area contributed by atoms with Gasteiger partial charge < -0.3 is 20.1 Å². The molecule has 0 bridgehead atoms. The van der Waals surface area contributed by atoms with Crippen molar-refractivity contribution in [2.24, 2.45) is 5.92 Å². The van der Waals surface area contributed by atoms with Gasteiger partial charge in [0.25, 0.3) is 0 Å². The zero-order valence-corrected chi connectivity index (χ0v) is 26.6. The Hall–Kier alpha value is -3.91. The Morgan fingerprint density at radius 1 is 1.16 bits per heavy atom. The van der Waals surface area contributed by atoms with Crippen LogP contribution in [0.15, 0.2) is 61.1 Å². The van der Waals surface area contributed by atoms with Crippen LogP contribution in [0.4, 0.5) is 13.2 Å². The van der Waals surface area contributed by atoms with Crippen LogP contribution in [0.25, 0.3) is 0 Å². The zero-order valence-electron chi connectivity index (χ0n) is 25.8. The minimum absolute atomic E-state index is 0.0824. The first-order valence-corrected chi connectivity index (χ1v) is 16.0. The van der Waals surface area contributed by atoms with Crippen molar-refractivity contribution < 1.29 is 18.0 Å². The van der Waals surface area contributed by atoms with E-state index in [9.17, 15) is 18.0 Å². The van der Waals surface area contributed by atoms with Crippen LogP contribution in [-0.2, 0) is 30.5 Å². The zero-order chi connectivity index (χ0) is 32.4. The van der Waals surface area contributed by atoms with Gasteiger partial charge in [0.1, 0.15) is 0 Å². The standard InChI is InChI=1S/C34H41F3N6OS/c1-3-24(2)31(41-32(44)17-30-19-39-23-43(30)20-26-14-12-25(18-38)13-15-26)22-42(33(45)40-29-10-5-4-6-11-29)21-27-8-7-9-28(16-27)34(35,36)37/h7-9,12-16,19,23-24,29,31H,3-6,10-11,17,20-22H2,1-2H3,(H,40,45)(H,41,44)/t24-,31+/m0/s1. The van der Waals surface area contributed by atoms with E-state index < -0.39 is 11.7 Å². The van der Waals surface area contributed by atoms with E-state index in [-0.39, 0.29) is 36.9 Å². The van der Waals surface area contributed by atoms with Crippen molar-refractivity contribution in [1.82, 2.24) is 25.1 Å². The molecule has 0 unspecified atom stereocenters. The highest BCUT2D eigenvalue weighted by molar-refractivity contribution is 7.80. The molecule has 1 heterocycles. The maximum atomic E-state index is 13.5. The quantitative estimate of drug-likeness (QED) is 0.218. The van der Waals surface area contributed by atoms with Gasteiger partial charge in [0.2, 0.25) is 5.91 Å². The van der Waals surface area contributed by atoms with E-state index >= 15 is 0 Å². The van der Waals surface area contributed by atoms with Crippen LogP contribution in [0.2, 0.25) is 0 Å². The lowest BCUT2D eigenvalue weighted by Crippen LogP contribution is -2.52. The summed E-state index contributed by atoms with van der Waals surface area (Å²) in [7, 11) is 0. The highest BCUT2D eigenvalue weighted by Crippen LogP contribution is 2.30. The van der Waals surface area contributed by atoms with E-state index in [2.05, 4.69) is 28.6 Å². The number of imidazole rings is 1. The number of alkyl halides is 3. The number of aromatic nitrogens is 2. The fourth-order valence-corrected chi connectivity index (χ4v) is 5.94. The average Bonchev–Trinajstić information content (AvgIpc) is 3.46. The van der Waals surface area contributed by atoms with Gasteiger partial charge in [-0.3, -0.25) is 4.79 Å². The highest BCUT2D eigenvalue weighted by Gasteiger charge is 2.31. The second-order valence-electron chi connectivity index (χ2n) is 11.9. The third-order valence-corrected chi connectivity index (χ3v) is 8.89. The topological polar surface area (TPSA) is 86.0 Å². The number of amides is 1. The predicted octanol–water partition coefficient (Wildman–Crippen LogP) is 6.60. The Morgan fingerprint density at radius 2 is 1.89 bits per heavy atom. The molecule has 1 saturated carbocycles. The van der Waals surface area contributed by atoms with Gasteiger partial charge in [-0.1, -0.05) is 63.8 Å². The van der Waals surface area contributed by atoms with Crippen molar-refractivity contribution in [1.29, 1.82) is 5.26 Å². The summed E-state index contributed by atoms with van der Waals surface area (Å²) in [6, 6.07) is 14.7. The molecule has 4 rings (SSSR count). The summed E-state index contributed by atoms with van der Waals surface area (Å²) < 4.78 is 42.4. The fraction of sp³-hybridized carbons (Fsp3) is 0.471. The summed E-state index contributed by atoms with van der Waals surface area (Å²) in [4.78, 5) is 19.6. The largest absolute Gasteiger partial charge is 0.416 e. The van der Waals surface area contributed by atoms with Crippen molar-refractivity contribution in [3.63, 3.8) is 0 Å². The van der Waals surface area contributed by atoms with E-state index in [4.69, 9.17) is 17.5 Å². The monoisotopic (exact) mass is 638 g/mol. The van der Waals surface area contributed by atoms with Gasteiger partial charge in [-0.15, -0.1) is 0 Å². The molecule has 2 aromatic carbocycles. The predicted molar refractivity (Wildman–Crippen MR) is 172 cm³/mol. The van der Waals surface area contributed by atoms with Gasteiger partial charge in [0, 0.05) is 43.6 Å². The Kier molecular flexibility index (Phi) is 12.0. The highest BCUT2D eigenvalue weighted by atomic mass is 32.1. The third-order valence-electron chi connectivity index (χ3n) is 8.52. The molecule has 0 saturated heterocycles. The van der Waals surface area contributed by atoms with Crippen molar-refractivity contribution in [3.05, 3.63) is 89.0 Å². The first kappa shape index (κ1) is 34.0. The first-order valence-electron chi connectivity index (χ1n) is 15.5. The number of carbonyl (C=O) groups excluding carboxylic acids is 1. The van der Waals surface area contributed by atoms with Crippen molar-refractivity contribution in [2.75, 3.05) is 6.54 Å². The molecule has 7 nitrogen and oxygen atoms in total. The van der Waals surface area contributed by atoms with E-state index in [1.54, 1.807) is 30.7 Å². The molecule has 2 N–H and O–H groups in total. The number of halogens is 3. The maximum absolute atomic E-state index is 13.5. The molecule has 1 aromatic heterocycles. The third kappa shape index (κ3) is 10.0. The summed E-state index contributed by atoms with van der Waals surface area (Å²) in [6.45, 7) is 5.14. The number of nitrogens with zero attached hydrogens (tertiary/aromatic N) is 4. The molecule has 11 heteroatoms. The molecule has 1 aliphatic carbocycles. The second-order valence-corrected chi connectivity index (χ2v) is 12.3. The van der Waals surface area contributed by atoms with Gasteiger partial charge in [-0.05, 0) is 66.4 Å². The molecule has 1 amide bonds. The maximum Gasteiger partial charge on any atom is 0.416 e. The summed E-state index contributed by atoms with van der Waals surface area (Å²) in [5.41, 5.74) is 2.11. The number of rotatable bonds is 12. The molecule has 1 aliphatic rings. The van der Waals surface area contributed by atoms with Crippen molar-refractivity contribution in [3.8, 4) is 6.07 Å². The Labute approximate surface area is 268 Å². The van der Waals surface area contributed by atoms with Crippen LogP contribution in [0.3, 0.4) is 0 Å². The molecule has 0 aliphatic heterocycles. The molecule has 3 aromatic rings. The molecule has 0 spiro atoms. The van der Waals surface area contributed by atoms with Crippen LogP contribution < -0.4 is 10.6 Å². The summed E-state index contributed by atoms with van der Waals surface area (Å²) >= 11 is 5.86. The van der Waals surface area contributed by atoms with Crippen molar-refractivity contribution >= 4 is 23.2 Å². The van der Waals surface area contributed by atoms with Gasteiger partial charge >= 0.3 is 6.18 Å². The lowest BCUT2D eigenvalue weighted by Gasteiger charge is -2.35. The molecule has 45 heavy (non-hydrogen) atoms. The summed E-state index contributed by atoms with van der Waals surface area (Å²) in [6.07, 6.45) is 5.23. The van der Waals surface area contributed by atoms with Gasteiger partial charge in [-0.2, -0.15) is 18.4 Å². The fourth-order valence-electron chi connectivity index (χ4n) is 5.63. The molecule has 0 radical (unpaired) electrons. The summed E-state index contributed by atoms with van der Waals surface area (Å²) in [5, 5.41) is 16.2. The number of nitrogens with one attached hydrogen (secondary N) is 2.